The second kappa shape index (κ2) is 13.3. The van der Waals surface area contributed by atoms with Gasteiger partial charge in [-0.3, -0.25) is 4.79 Å². The summed E-state index contributed by atoms with van der Waals surface area (Å²) in [6, 6.07) is 18.7. The van der Waals surface area contributed by atoms with Crippen LogP contribution in [0.2, 0.25) is 0 Å². The van der Waals surface area contributed by atoms with Gasteiger partial charge in [-0.1, -0.05) is 60.7 Å². The van der Waals surface area contributed by atoms with E-state index in [1.54, 1.807) is 0 Å². The SMILES string of the molecule is O=C(CCC1CCC(O)CC1)OC[C@H](O)[C@H]1OC(=O)C(OCc2ccccc2)=C1OCc1ccccc1. The Kier molecular flexibility index (Phi) is 9.57. The highest BCUT2D eigenvalue weighted by molar-refractivity contribution is 5.89. The van der Waals surface area contributed by atoms with Gasteiger partial charge in [-0.05, 0) is 49.1 Å². The maximum atomic E-state index is 12.6. The highest BCUT2D eigenvalue weighted by Gasteiger charge is 2.42. The molecule has 1 aliphatic heterocycles. The van der Waals surface area contributed by atoms with Crippen LogP contribution in [0.25, 0.3) is 0 Å². The van der Waals surface area contributed by atoms with Gasteiger partial charge in [0.2, 0.25) is 5.76 Å². The second-order valence-corrected chi connectivity index (χ2v) is 9.53. The molecule has 4 rings (SSSR count). The number of hydrogen-bond acceptors (Lipinski definition) is 8. The zero-order chi connectivity index (χ0) is 26.0. The third-order valence-electron chi connectivity index (χ3n) is 6.70. The first-order valence-corrected chi connectivity index (χ1v) is 12.8. The lowest BCUT2D eigenvalue weighted by molar-refractivity contribution is -0.155. The molecule has 0 radical (unpaired) electrons. The highest BCUT2D eigenvalue weighted by atomic mass is 16.6. The summed E-state index contributed by atoms with van der Waals surface area (Å²) in [7, 11) is 0. The number of aliphatic hydroxyl groups is 2. The molecule has 2 aliphatic rings. The fraction of sp³-hybridized carbons (Fsp3) is 0.448. The summed E-state index contributed by atoms with van der Waals surface area (Å²) in [6.45, 7) is -0.0755. The Morgan fingerprint density at radius 3 is 2.14 bits per heavy atom. The zero-order valence-electron chi connectivity index (χ0n) is 20.8. The summed E-state index contributed by atoms with van der Waals surface area (Å²) in [4.78, 5) is 24.9. The molecule has 0 saturated heterocycles. The van der Waals surface area contributed by atoms with Crippen molar-refractivity contribution in [1.29, 1.82) is 0 Å². The molecule has 8 heteroatoms. The number of carbonyl (C=O) groups is 2. The van der Waals surface area contributed by atoms with Gasteiger partial charge in [0.25, 0.3) is 0 Å². The molecule has 0 unspecified atom stereocenters. The van der Waals surface area contributed by atoms with Crippen molar-refractivity contribution < 1.29 is 38.7 Å². The van der Waals surface area contributed by atoms with E-state index in [2.05, 4.69) is 0 Å². The molecule has 2 N–H and O–H groups in total. The van der Waals surface area contributed by atoms with Crippen molar-refractivity contribution in [3.05, 3.63) is 83.3 Å². The Labute approximate surface area is 216 Å². The summed E-state index contributed by atoms with van der Waals surface area (Å²) < 4.78 is 22.4. The standard InChI is InChI=1S/C29H34O8/c30-23-14-11-20(12-15-23)13-16-25(32)34-19-24(31)26-27(35-17-21-7-3-1-4-8-21)28(29(33)37-26)36-18-22-9-5-2-6-10-22/h1-10,20,23-24,26,30-31H,11-19H2/t20?,23?,24-,26+/m0/s1. The Balaban J connectivity index is 1.36. The first-order valence-electron chi connectivity index (χ1n) is 12.8. The number of carbonyl (C=O) groups excluding carboxylic acids is 2. The predicted molar refractivity (Wildman–Crippen MR) is 134 cm³/mol. The molecule has 0 amide bonds. The lowest BCUT2D eigenvalue weighted by Gasteiger charge is -2.25. The summed E-state index contributed by atoms with van der Waals surface area (Å²) in [5.74, 6) is -0.801. The normalized spacial score (nSPS) is 22.3. The molecule has 2 aromatic carbocycles. The Morgan fingerprint density at radius 2 is 1.51 bits per heavy atom. The molecule has 37 heavy (non-hydrogen) atoms. The van der Waals surface area contributed by atoms with Crippen LogP contribution in [-0.2, 0) is 41.8 Å². The molecular formula is C29H34O8. The van der Waals surface area contributed by atoms with Gasteiger partial charge < -0.3 is 29.2 Å². The minimum atomic E-state index is -1.32. The predicted octanol–water partition coefficient (Wildman–Crippen LogP) is 3.79. The number of ether oxygens (including phenoxy) is 4. The van der Waals surface area contributed by atoms with E-state index in [1.165, 1.54) is 0 Å². The van der Waals surface area contributed by atoms with Gasteiger partial charge in [0, 0.05) is 6.42 Å². The van der Waals surface area contributed by atoms with E-state index in [0.29, 0.717) is 12.3 Å². The van der Waals surface area contributed by atoms with Crippen molar-refractivity contribution in [2.24, 2.45) is 5.92 Å². The van der Waals surface area contributed by atoms with E-state index in [9.17, 15) is 19.8 Å². The van der Waals surface area contributed by atoms with Crippen LogP contribution in [0.1, 0.15) is 49.7 Å². The van der Waals surface area contributed by atoms with Crippen LogP contribution in [0.4, 0.5) is 0 Å². The molecule has 0 spiro atoms. The van der Waals surface area contributed by atoms with Gasteiger partial charge in [-0.25, -0.2) is 4.79 Å². The number of aliphatic hydroxyl groups excluding tert-OH is 2. The van der Waals surface area contributed by atoms with Gasteiger partial charge >= 0.3 is 11.9 Å². The van der Waals surface area contributed by atoms with Crippen LogP contribution in [0.3, 0.4) is 0 Å². The topological polar surface area (TPSA) is 112 Å². The van der Waals surface area contributed by atoms with Gasteiger partial charge in [-0.15, -0.1) is 0 Å². The molecule has 8 nitrogen and oxygen atoms in total. The second-order valence-electron chi connectivity index (χ2n) is 9.53. The number of cyclic esters (lactones) is 1. The lowest BCUT2D eigenvalue weighted by Crippen LogP contribution is -2.34. The molecule has 2 aromatic rings. The number of benzene rings is 2. The maximum absolute atomic E-state index is 12.6. The number of rotatable bonds is 12. The Hall–Kier alpha value is -3.36. The van der Waals surface area contributed by atoms with Gasteiger partial charge in [-0.2, -0.15) is 0 Å². The van der Waals surface area contributed by atoms with E-state index >= 15 is 0 Å². The largest absolute Gasteiger partial charge is 0.485 e. The van der Waals surface area contributed by atoms with Crippen LogP contribution < -0.4 is 0 Å². The van der Waals surface area contributed by atoms with Crippen molar-refractivity contribution in [3.63, 3.8) is 0 Å². The molecule has 0 bridgehead atoms. The first-order chi connectivity index (χ1) is 18.0. The molecule has 1 heterocycles. The summed E-state index contributed by atoms with van der Waals surface area (Å²) in [6.07, 6.45) is 1.52. The smallest absolute Gasteiger partial charge is 0.378 e. The molecule has 198 valence electrons. The van der Waals surface area contributed by atoms with Gasteiger partial charge in [0.1, 0.15) is 25.9 Å². The lowest BCUT2D eigenvalue weighted by atomic mass is 9.85. The van der Waals surface area contributed by atoms with Crippen molar-refractivity contribution >= 4 is 11.9 Å². The van der Waals surface area contributed by atoms with Crippen LogP contribution in [-0.4, -0.2) is 47.1 Å². The zero-order valence-corrected chi connectivity index (χ0v) is 20.8. The summed E-state index contributed by atoms with van der Waals surface area (Å²) >= 11 is 0. The van der Waals surface area contributed by atoms with Gasteiger partial charge in [0.05, 0.1) is 6.10 Å². The first kappa shape index (κ1) is 26.7. The summed E-state index contributed by atoms with van der Waals surface area (Å²) in [5.41, 5.74) is 1.72. The van der Waals surface area contributed by atoms with Crippen LogP contribution in [0.5, 0.6) is 0 Å². The van der Waals surface area contributed by atoms with E-state index in [1.807, 2.05) is 60.7 Å². The molecule has 0 aromatic heterocycles. The van der Waals surface area contributed by atoms with Crippen LogP contribution >= 0.6 is 0 Å². The number of esters is 2. The van der Waals surface area contributed by atoms with Gasteiger partial charge in [0.15, 0.2) is 11.9 Å². The Bertz CT molecular complexity index is 1040. The minimum absolute atomic E-state index is 0.0779. The number of hydrogen-bond donors (Lipinski definition) is 2. The quantitative estimate of drug-likeness (QED) is 0.415. The van der Waals surface area contributed by atoms with E-state index < -0.39 is 24.1 Å². The molecule has 1 aliphatic carbocycles. The molecule has 1 fully saturated rings. The fourth-order valence-corrected chi connectivity index (χ4v) is 4.54. The average molecular weight is 511 g/mol. The van der Waals surface area contributed by atoms with Crippen molar-refractivity contribution in [3.8, 4) is 0 Å². The van der Waals surface area contributed by atoms with Crippen molar-refractivity contribution in [2.75, 3.05) is 6.61 Å². The maximum Gasteiger partial charge on any atom is 0.378 e. The van der Waals surface area contributed by atoms with E-state index in [4.69, 9.17) is 18.9 Å². The monoisotopic (exact) mass is 510 g/mol. The summed E-state index contributed by atoms with van der Waals surface area (Å²) in [5, 5.41) is 20.4. The van der Waals surface area contributed by atoms with E-state index in [-0.39, 0.29) is 43.9 Å². The average Bonchev–Trinajstić information content (AvgIpc) is 3.25. The van der Waals surface area contributed by atoms with E-state index in [0.717, 1.165) is 36.8 Å². The molecule has 1 saturated carbocycles. The highest BCUT2D eigenvalue weighted by Crippen LogP contribution is 2.30. The Morgan fingerprint density at radius 1 is 0.919 bits per heavy atom. The third kappa shape index (κ3) is 7.81. The van der Waals surface area contributed by atoms with Crippen molar-refractivity contribution in [2.45, 2.75) is 70.1 Å². The third-order valence-corrected chi connectivity index (χ3v) is 6.70. The van der Waals surface area contributed by atoms with Crippen LogP contribution in [0, 0.1) is 5.92 Å². The van der Waals surface area contributed by atoms with Crippen LogP contribution in [0.15, 0.2) is 72.2 Å². The van der Waals surface area contributed by atoms with Crippen molar-refractivity contribution in [1.82, 2.24) is 0 Å². The molecule has 2 atom stereocenters. The minimum Gasteiger partial charge on any atom is -0.485 e. The fourth-order valence-electron chi connectivity index (χ4n) is 4.54. The molecular weight excluding hydrogens is 476 g/mol.